The molecular formula is C95H129N25O25S2. The maximum Gasteiger partial charge on any atom is 0.317 e. The number of aliphatic hydroxyl groups is 1. The summed E-state index contributed by atoms with van der Waals surface area (Å²) in [6, 6.07) is 0.114. The number of benzene rings is 3. The molecular weight excluding hydrogens is 1960 g/mol. The van der Waals surface area contributed by atoms with Crippen LogP contribution < -0.4 is 81.0 Å². The number of imidazole rings is 1. The number of nitrogens with zero attached hydrogens (tertiary/aromatic N) is 6. The maximum atomic E-state index is 15.6. The van der Waals surface area contributed by atoms with E-state index in [0.29, 0.717) is 90.2 Å². The monoisotopic (exact) mass is 2080 g/mol. The molecule has 0 saturated carbocycles. The lowest BCUT2D eigenvalue weighted by Gasteiger charge is -2.35. The molecule has 3 aliphatic rings. The number of rotatable bonds is 42. The fourth-order valence-corrected chi connectivity index (χ4v) is 19.8. The molecule has 52 heteroatoms. The average molecular weight is 2090 g/mol. The Kier molecular flexibility index (Phi) is 42.8. The number of likely N-dealkylation sites (tertiary alicyclic amines) is 1. The molecule has 7 heterocycles. The van der Waals surface area contributed by atoms with Gasteiger partial charge in [-0.05, 0) is 80.3 Å². The molecule has 0 bridgehead atoms. The van der Waals surface area contributed by atoms with Crippen LogP contribution >= 0.6 is 21.6 Å². The first-order chi connectivity index (χ1) is 70.0. The summed E-state index contributed by atoms with van der Waals surface area (Å²) in [5.41, 5.74) is 19.3. The van der Waals surface area contributed by atoms with E-state index in [1.165, 1.54) is 37.5 Å². The van der Waals surface area contributed by atoms with Crippen LogP contribution in [0, 0.1) is 5.92 Å². The van der Waals surface area contributed by atoms with Crippen LogP contribution in [0.5, 0.6) is 0 Å². The number of nitrogens with two attached hydrogens (primary N) is 3. The minimum Gasteiger partial charge on any atom is -0.481 e. The summed E-state index contributed by atoms with van der Waals surface area (Å²) >= 11 is 0. The molecule has 796 valence electrons. The number of aliphatic carboxylic acids is 4. The zero-order chi connectivity index (χ0) is 107. The van der Waals surface area contributed by atoms with Crippen molar-refractivity contribution < 1.29 is 121 Å². The molecule has 10 rings (SSSR count). The van der Waals surface area contributed by atoms with Gasteiger partial charge in [0.1, 0.15) is 72.0 Å². The number of unbranched alkanes of at least 4 members (excludes halogenated alkanes) is 2. The third kappa shape index (κ3) is 34.3. The number of H-pyrrole nitrogens is 4. The van der Waals surface area contributed by atoms with Crippen LogP contribution in [0.4, 0.5) is 0 Å². The van der Waals surface area contributed by atoms with E-state index < -0.39 is 246 Å². The Morgan fingerprint density at radius 3 is 1.43 bits per heavy atom. The molecule has 27 N–H and O–H groups in total. The number of nitrogens with one attached hydrogen (secondary N) is 16. The van der Waals surface area contributed by atoms with Gasteiger partial charge in [-0.1, -0.05) is 103 Å². The molecule has 0 spiro atoms. The molecule has 50 nitrogen and oxygen atoms in total. The molecule has 0 aliphatic carbocycles. The molecule has 3 fully saturated rings. The van der Waals surface area contributed by atoms with Crippen molar-refractivity contribution in [3.05, 3.63) is 126 Å². The molecule has 14 atom stereocenters. The minimum atomic E-state index is -2.15. The Bertz CT molecular complexity index is 5850. The molecule has 16 amide bonds. The Morgan fingerprint density at radius 2 is 0.939 bits per heavy atom. The topological polar surface area (TPSA) is 757 Å². The normalized spacial score (nSPS) is 21.3. The van der Waals surface area contributed by atoms with E-state index in [0.717, 1.165) is 6.92 Å². The number of hydrogen-bond donors (Lipinski definition) is 24. The Balaban J connectivity index is 0.920. The zero-order valence-corrected chi connectivity index (χ0v) is 83.3. The summed E-state index contributed by atoms with van der Waals surface area (Å²) in [6.45, 7) is 6.13. The second-order valence-electron chi connectivity index (χ2n) is 36.9. The van der Waals surface area contributed by atoms with Gasteiger partial charge >= 0.3 is 23.9 Å². The number of aromatic nitrogens is 5. The van der Waals surface area contributed by atoms with Gasteiger partial charge in [0.15, 0.2) is 0 Å². The predicted molar refractivity (Wildman–Crippen MR) is 534 cm³/mol. The number of aromatic amines is 4. The van der Waals surface area contributed by atoms with E-state index in [4.69, 9.17) is 17.2 Å². The number of aliphatic hydroxyl groups excluding tert-OH is 1. The number of carboxylic acids is 4. The highest BCUT2D eigenvalue weighted by atomic mass is 33.1. The van der Waals surface area contributed by atoms with E-state index in [1.54, 1.807) is 112 Å². The van der Waals surface area contributed by atoms with Gasteiger partial charge < -0.3 is 131 Å². The fraction of sp³-hybridized carbons (Fsp3) is 0.505. The number of carbonyl (C=O) groups excluding carboxylic acids is 16. The standard InChI is InChI=1S/C95H129N25O25S2/c1-5-52(2)81(114-92(143)82(53(3)121)115-88(139)64(34-54-41-101-61-19-11-8-16-58(54)61)105-75(124)22-7-6-14-24-100-76(125)45-116-26-28-117(46-78(128)129)30-32-119(48-80(132)133)33-31-118(29-27-116)47-79(130)131)91(142)113-72-50-147-146-49-71(90(141)111-70(36-56-43-103-63-21-13-10-18-60(56)63)93(144)120-25-15-23-95(120,4)94(98)145)112-87(138)69(40-77(126)127)110-84(135)66(37-57-44-99-51-104-57)107-83(134)65(35-55-42-102-62-20-12-9-17-59(55)62)106-85(136)67(38-73(96)122)108-86(137)68(39-74(97)123)109-89(72)140/h8-13,16-21,41-44,51-53,64-72,81-82,101-103,121H,5-7,14-15,22-40,45-50H2,1-4H3,(H2,96,122)(H2,97,123)(H2,98,145)(H,99,104)(H,100,125)(H,105,124)(H,106,136)(H,107,134)(H,108,137)(H,109,140)(H,110,135)(H,111,141)(H,112,138)(H,113,142)(H,114,143)(H,115,139)(H,126,127)(H,128,129)(H,130,131)(H,132,133)/t52-,53+,64-,65-,66-,67-,68-,69-,70-,71-,72-,81-,82-,95-/m0/s1. The second kappa shape index (κ2) is 55.1. The molecule has 4 aromatic heterocycles. The van der Waals surface area contributed by atoms with Crippen LogP contribution in [-0.4, -0.2) is 375 Å². The number of hydrogen-bond acceptors (Lipinski definition) is 28. The zero-order valence-electron chi connectivity index (χ0n) is 81.7. The van der Waals surface area contributed by atoms with Crippen LogP contribution in [0.1, 0.15) is 114 Å². The Labute approximate surface area is 851 Å². The molecule has 0 unspecified atom stereocenters. The van der Waals surface area contributed by atoms with Crippen molar-refractivity contribution in [3.8, 4) is 0 Å². The third-order valence-electron chi connectivity index (χ3n) is 25.8. The summed E-state index contributed by atoms with van der Waals surface area (Å²) in [5, 5.41) is 83.5. The van der Waals surface area contributed by atoms with Crippen molar-refractivity contribution in [2.75, 3.05) is 103 Å². The molecule has 0 radical (unpaired) electrons. The van der Waals surface area contributed by atoms with Crippen molar-refractivity contribution >= 4 is 173 Å². The lowest BCUT2D eigenvalue weighted by Crippen LogP contribution is -2.63. The number of carboxylic acid groups (broad SMARTS) is 4. The van der Waals surface area contributed by atoms with Crippen LogP contribution in [0.2, 0.25) is 0 Å². The van der Waals surface area contributed by atoms with Crippen LogP contribution in [0.25, 0.3) is 32.7 Å². The van der Waals surface area contributed by atoms with Crippen LogP contribution in [0.15, 0.2) is 104 Å². The van der Waals surface area contributed by atoms with Gasteiger partial charge in [-0.15, -0.1) is 0 Å². The number of para-hydroxylation sites is 3. The molecule has 147 heavy (non-hydrogen) atoms. The van der Waals surface area contributed by atoms with Crippen molar-refractivity contribution in [2.45, 2.75) is 196 Å². The number of fused-ring (bicyclic) bond motifs is 3. The highest BCUT2D eigenvalue weighted by Crippen LogP contribution is 2.32. The van der Waals surface area contributed by atoms with Gasteiger partial charge in [-0.3, -0.25) is 115 Å². The van der Waals surface area contributed by atoms with Crippen LogP contribution in [-0.2, 0) is 122 Å². The highest BCUT2D eigenvalue weighted by Gasteiger charge is 2.48. The maximum absolute atomic E-state index is 15.6. The number of amides is 16. The quantitative estimate of drug-likeness (QED) is 0.0127. The lowest BCUT2D eigenvalue weighted by molar-refractivity contribution is -0.145. The van der Waals surface area contributed by atoms with Crippen molar-refractivity contribution in [2.24, 2.45) is 23.1 Å². The van der Waals surface area contributed by atoms with Crippen molar-refractivity contribution in [1.29, 1.82) is 0 Å². The van der Waals surface area contributed by atoms with Gasteiger partial charge in [0.05, 0.1) is 57.9 Å². The molecule has 3 aliphatic heterocycles. The van der Waals surface area contributed by atoms with E-state index in [-0.39, 0.29) is 136 Å². The van der Waals surface area contributed by atoms with Gasteiger partial charge in [0.25, 0.3) is 0 Å². The summed E-state index contributed by atoms with van der Waals surface area (Å²) in [4.78, 5) is 307. The Morgan fingerprint density at radius 1 is 0.483 bits per heavy atom. The lowest BCUT2D eigenvalue weighted by atomic mass is 9.96. The van der Waals surface area contributed by atoms with Gasteiger partial charge in [0.2, 0.25) is 94.5 Å². The summed E-state index contributed by atoms with van der Waals surface area (Å²) in [7, 11) is 1.37. The highest BCUT2D eigenvalue weighted by molar-refractivity contribution is 8.76. The van der Waals surface area contributed by atoms with Gasteiger partial charge in [0, 0.05) is 172 Å². The predicted octanol–water partition coefficient (Wildman–Crippen LogP) is -4.48. The average Bonchev–Trinajstić information content (AvgIpc) is 1.63. The summed E-state index contributed by atoms with van der Waals surface area (Å²) in [5.74, 6) is -24.7. The van der Waals surface area contributed by atoms with Gasteiger partial charge in [-0.25, -0.2) is 4.98 Å². The second-order valence-corrected chi connectivity index (χ2v) is 39.4. The van der Waals surface area contributed by atoms with E-state index in [1.807, 2.05) is 0 Å². The smallest absolute Gasteiger partial charge is 0.317 e. The van der Waals surface area contributed by atoms with E-state index >= 15 is 38.4 Å². The number of carbonyl (C=O) groups is 20. The first-order valence-electron chi connectivity index (χ1n) is 48.1. The molecule has 3 saturated heterocycles. The first kappa shape index (κ1) is 114. The third-order valence-corrected chi connectivity index (χ3v) is 28.2. The van der Waals surface area contributed by atoms with E-state index in [2.05, 4.69) is 88.7 Å². The van der Waals surface area contributed by atoms with Crippen molar-refractivity contribution in [3.63, 3.8) is 0 Å². The SMILES string of the molecule is CC[C@H](C)[C@H](NC(=O)[C@@H](NC(=O)[C@H](Cc1c[nH]c2ccccc12)NC(=O)CCCCCNC(=O)CN1CCN(CC(=O)O)CCN(CC(=O)O)CCN(CC(=O)O)CC1)[C@@H](C)O)C(=O)N[C@H]1CSSC[C@@H](C(=O)N[C@@H](Cc2c[nH]c3ccccc23)C(=O)N2CCC[C@@]2(C)C(N)=O)NC(=O)[C@H](CC(=O)O)NC(=O)[C@H](Cc2cnc[nH]2)NC(=O)[C@H](Cc2c[nH]c3ccccc23)NC(=O)[C@H](CC(N)=O)NC(=O)[C@H](CC(N)=O)NC1=O. The minimum absolute atomic E-state index is 0.00204. The number of primary amides is 3. The first-order valence-corrected chi connectivity index (χ1v) is 50.6. The van der Waals surface area contributed by atoms with Crippen LogP contribution in [0.3, 0.4) is 0 Å². The summed E-state index contributed by atoms with van der Waals surface area (Å²) < 4.78 is 0. The molecule has 7 aromatic rings. The Hall–Kier alpha value is -14.6. The van der Waals surface area contributed by atoms with Crippen molar-refractivity contribution in [1.82, 2.24) is 113 Å². The van der Waals surface area contributed by atoms with Gasteiger partial charge in [-0.2, -0.15) is 0 Å². The van der Waals surface area contributed by atoms with E-state index in [9.17, 15) is 83.1 Å². The molecule has 3 aromatic carbocycles. The summed E-state index contributed by atoms with van der Waals surface area (Å²) in [6.07, 6.45) is 2.02. The largest absolute Gasteiger partial charge is 0.481 e. The fourth-order valence-electron chi connectivity index (χ4n) is 17.5.